The summed E-state index contributed by atoms with van der Waals surface area (Å²) < 4.78 is 19.0. The summed E-state index contributed by atoms with van der Waals surface area (Å²) in [6, 6.07) is 13.9. The molecule has 5 heteroatoms. The lowest BCUT2D eigenvalue weighted by Gasteiger charge is -2.10. The van der Waals surface area contributed by atoms with Gasteiger partial charge in [-0.15, -0.1) is 0 Å². The summed E-state index contributed by atoms with van der Waals surface area (Å²) in [5.74, 6) is 0.929. The van der Waals surface area contributed by atoms with E-state index in [-0.39, 0.29) is 18.4 Å². The molecule has 0 aromatic heterocycles. The molecule has 0 unspecified atom stereocenters. The van der Waals surface area contributed by atoms with Crippen molar-refractivity contribution in [3.63, 3.8) is 0 Å². The fourth-order valence-electron chi connectivity index (χ4n) is 2.16. The topological polar surface area (TPSA) is 50.4 Å². The van der Waals surface area contributed by atoms with Gasteiger partial charge in [-0.2, -0.15) is 0 Å². The number of ether oxygens (including phenoxy) is 1. The summed E-state index contributed by atoms with van der Waals surface area (Å²) in [5, 5.41) is 5.29. The quantitative estimate of drug-likeness (QED) is 0.758. The van der Waals surface area contributed by atoms with Crippen LogP contribution in [0.15, 0.2) is 48.5 Å². The standard InChI is InChI=1S/C19H23FN2O2/c1-14(2)15-7-9-17(10-8-15)24-12-11-21-19(23)22-13-16-5-3-4-6-18(16)20/h3-10,14H,11-13H2,1-2H3,(H2,21,22,23). The van der Waals surface area contributed by atoms with Gasteiger partial charge in [0.15, 0.2) is 0 Å². The number of rotatable bonds is 7. The van der Waals surface area contributed by atoms with Crippen molar-refractivity contribution < 1.29 is 13.9 Å². The summed E-state index contributed by atoms with van der Waals surface area (Å²) in [4.78, 5) is 11.7. The van der Waals surface area contributed by atoms with Gasteiger partial charge in [-0.25, -0.2) is 9.18 Å². The van der Waals surface area contributed by atoms with Crippen molar-refractivity contribution in [2.75, 3.05) is 13.2 Å². The Bertz CT molecular complexity index is 657. The largest absolute Gasteiger partial charge is 0.492 e. The van der Waals surface area contributed by atoms with Gasteiger partial charge in [-0.3, -0.25) is 0 Å². The molecular weight excluding hydrogens is 307 g/mol. The van der Waals surface area contributed by atoms with E-state index in [0.717, 1.165) is 5.75 Å². The number of nitrogens with one attached hydrogen (secondary N) is 2. The third-order valence-electron chi connectivity index (χ3n) is 3.60. The van der Waals surface area contributed by atoms with E-state index in [2.05, 4.69) is 24.5 Å². The van der Waals surface area contributed by atoms with E-state index < -0.39 is 0 Å². The number of halogens is 1. The summed E-state index contributed by atoms with van der Waals surface area (Å²) in [6.07, 6.45) is 0. The predicted molar refractivity (Wildman–Crippen MR) is 92.7 cm³/mol. The summed E-state index contributed by atoms with van der Waals surface area (Å²) in [7, 11) is 0. The van der Waals surface area contributed by atoms with Crippen molar-refractivity contribution in [2.45, 2.75) is 26.3 Å². The number of benzene rings is 2. The van der Waals surface area contributed by atoms with Gasteiger partial charge in [-0.05, 0) is 29.7 Å². The fourth-order valence-corrected chi connectivity index (χ4v) is 2.16. The van der Waals surface area contributed by atoms with Crippen molar-refractivity contribution in [3.8, 4) is 5.75 Å². The SMILES string of the molecule is CC(C)c1ccc(OCCNC(=O)NCc2ccccc2F)cc1. The lowest BCUT2D eigenvalue weighted by atomic mass is 10.0. The minimum absolute atomic E-state index is 0.149. The molecule has 2 aromatic carbocycles. The number of amides is 2. The molecule has 0 bridgehead atoms. The molecule has 2 rings (SSSR count). The van der Waals surface area contributed by atoms with Crippen LogP contribution < -0.4 is 15.4 Å². The zero-order valence-corrected chi connectivity index (χ0v) is 14.0. The lowest BCUT2D eigenvalue weighted by molar-refractivity contribution is 0.236. The van der Waals surface area contributed by atoms with Crippen molar-refractivity contribution >= 4 is 6.03 Å². The maximum atomic E-state index is 13.4. The molecule has 0 aliphatic heterocycles. The minimum Gasteiger partial charge on any atom is -0.492 e. The second kappa shape index (κ2) is 8.91. The molecular formula is C19H23FN2O2. The predicted octanol–water partition coefficient (Wildman–Crippen LogP) is 3.83. The zero-order chi connectivity index (χ0) is 17.4. The molecule has 0 aliphatic rings. The van der Waals surface area contributed by atoms with Crippen molar-refractivity contribution in [1.29, 1.82) is 0 Å². The summed E-state index contributed by atoms with van der Waals surface area (Å²) in [6.45, 7) is 5.17. The van der Waals surface area contributed by atoms with Crippen LogP contribution in [-0.2, 0) is 6.54 Å². The fraction of sp³-hybridized carbons (Fsp3) is 0.316. The molecule has 2 aromatic rings. The van der Waals surface area contributed by atoms with Crippen LogP contribution in [-0.4, -0.2) is 19.2 Å². The first-order valence-corrected chi connectivity index (χ1v) is 8.04. The van der Waals surface area contributed by atoms with E-state index in [0.29, 0.717) is 24.6 Å². The van der Waals surface area contributed by atoms with E-state index in [4.69, 9.17) is 4.74 Å². The molecule has 0 spiro atoms. The molecule has 2 N–H and O–H groups in total. The van der Waals surface area contributed by atoms with Crippen LogP contribution >= 0.6 is 0 Å². The highest BCUT2D eigenvalue weighted by atomic mass is 19.1. The maximum absolute atomic E-state index is 13.4. The molecule has 24 heavy (non-hydrogen) atoms. The Labute approximate surface area is 142 Å². The molecule has 4 nitrogen and oxygen atoms in total. The van der Waals surface area contributed by atoms with Gasteiger partial charge >= 0.3 is 6.03 Å². The molecule has 0 heterocycles. The Morgan fingerprint density at radius 2 is 1.79 bits per heavy atom. The van der Waals surface area contributed by atoms with Gasteiger partial charge < -0.3 is 15.4 Å². The number of carbonyl (C=O) groups is 1. The van der Waals surface area contributed by atoms with Gasteiger partial charge in [0, 0.05) is 12.1 Å². The van der Waals surface area contributed by atoms with Gasteiger partial charge in [-0.1, -0.05) is 44.2 Å². The van der Waals surface area contributed by atoms with Crippen LogP contribution in [0.2, 0.25) is 0 Å². The van der Waals surface area contributed by atoms with E-state index in [9.17, 15) is 9.18 Å². The smallest absolute Gasteiger partial charge is 0.315 e. The molecule has 0 saturated carbocycles. The van der Waals surface area contributed by atoms with Crippen molar-refractivity contribution in [1.82, 2.24) is 10.6 Å². The third kappa shape index (κ3) is 5.57. The van der Waals surface area contributed by atoms with Crippen LogP contribution in [0.1, 0.15) is 30.9 Å². The van der Waals surface area contributed by atoms with E-state index in [1.54, 1.807) is 18.2 Å². The second-order valence-corrected chi connectivity index (χ2v) is 5.77. The van der Waals surface area contributed by atoms with Gasteiger partial charge in [0.2, 0.25) is 0 Å². The van der Waals surface area contributed by atoms with E-state index >= 15 is 0 Å². The highest BCUT2D eigenvalue weighted by molar-refractivity contribution is 5.73. The zero-order valence-electron chi connectivity index (χ0n) is 14.0. The third-order valence-corrected chi connectivity index (χ3v) is 3.60. The average molecular weight is 330 g/mol. The van der Waals surface area contributed by atoms with E-state index in [1.165, 1.54) is 11.6 Å². The minimum atomic E-state index is -0.350. The molecule has 128 valence electrons. The Hall–Kier alpha value is -2.56. The molecule has 0 atom stereocenters. The molecule has 0 aliphatic carbocycles. The van der Waals surface area contributed by atoms with Crippen molar-refractivity contribution in [2.24, 2.45) is 0 Å². The number of carbonyl (C=O) groups excluding carboxylic acids is 1. The highest BCUT2D eigenvalue weighted by Gasteiger charge is 2.04. The van der Waals surface area contributed by atoms with Gasteiger partial charge in [0.25, 0.3) is 0 Å². The van der Waals surface area contributed by atoms with Crippen LogP contribution in [0.3, 0.4) is 0 Å². The van der Waals surface area contributed by atoms with Gasteiger partial charge in [0.05, 0.1) is 6.54 Å². The maximum Gasteiger partial charge on any atom is 0.315 e. The summed E-state index contributed by atoms with van der Waals surface area (Å²) in [5.41, 5.74) is 1.71. The number of urea groups is 1. The molecule has 2 amide bonds. The summed E-state index contributed by atoms with van der Waals surface area (Å²) >= 11 is 0. The second-order valence-electron chi connectivity index (χ2n) is 5.77. The number of hydrogen-bond donors (Lipinski definition) is 2. The van der Waals surface area contributed by atoms with Crippen LogP contribution in [0.25, 0.3) is 0 Å². The highest BCUT2D eigenvalue weighted by Crippen LogP contribution is 2.18. The number of hydrogen-bond acceptors (Lipinski definition) is 2. The Morgan fingerprint density at radius 1 is 1.08 bits per heavy atom. The van der Waals surface area contributed by atoms with E-state index in [1.807, 2.05) is 24.3 Å². The first-order chi connectivity index (χ1) is 11.6. The Balaban J connectivity index is 1.65. The van der Waals surface area contributed by atoms with Crippen LogP contribution in [0.4, 0.5) is 9.18 Å². The molecule has 0 saturated heterocycles. The first-order valence-electron chi connectivity index (χ1n) is 8.04. The normalized spacial score (nSPS) is 10.5. The lowest BCUT2D eigenvalue weighted by Crippen LogP contribution is -2.37. The van der Waals surface area contributed by atoms with Crippen molar-refractivity contribution in [3.05, 3.63) is 65.5 Å². The Morgan fingerprint density at radius 3 is 2.46 bits per heavy atom. The van der Waals surface area contributed by atoms with Gasteiger partial charge in [0.1, 0.15) is 18.2 Å². The average Bonchev–Trinajstić information content (AvgIpc) is 2.58. The monoisotopic (exact) mass is 330 g/mol. The molecule has 0 radical (unpaired) electrons. The van der Waals surface area contributed by atoms with Crippen LogP contribution in [0, 0.1) is 5.82 Å². The molecule has 0 fully saturated rings. The van der Waals surface area contributed by atoms with Crippen LogP contribution in [0.5, 0.6) is 5.75 Å². The Kier molecular flexibility index (Phi) is 6.61. The first kappa shape index (κ1) is 17.8.